The molecular formula is C16H30N6O2. The number of nitrogens with zero attached hydrogens (tertiary/aromatic N) is 5. The molecule has 0 spiro atoms. The standard InChI is InChI=1S/C16H30N6O2/c1-6-20(7-2)12-13-17-14(19-18-13)21-8-10-22(11-9-21)15(23)24-16(3,4)5/h6-12H2,1-5H3,(H,17,18,19). The van der Waals surface area contributed by atoms with Crippen molar-refractivity contribution in [3.05, 3.63) is 5.82 Å². The van der Waals surface area contributed by atoms with Crippen LogP contribution in [-0.2, 0) is 11.3 Å². The number of piperazine rings is 1. The summed E-state index contributed by atoms with van der Waals surface area (Å²) >= 11 is 0. The normalized spacial score (nSPS) is 15.9. The van der Waals surface area contributed by atoms with Crippen LogP contribution in [0, 0.1) is 0 Å². The van der Waals surface area contributed by atoms with Gasteiger partial charge in [-0.25, -0.2) is 4.79 Å². The minimum absolute atomic E-state index is 0.251. The Balaban J connectivity index is 1.86. The van der Waals surface area contributed by atoms with E-state index in [1.807, 2.05) is 20.8 Å². The van der Waals surface area contributed by atoms with Gasteiger partial charge in [0, 0.05) is 26.2 Å². The summed E-state index contributed by atoms with van der Waals surface area (Å²) in [5.74, 6) is 1.59. The van der Waals surface area contributed by atoms with Crippen molar-refractivity contribution < 1.29 is 9.53 Å². The van der Waals surface area contributed by atoms with E-state index in [0.29, 0.717) is 32.1 Å². The molecule has 0 radical (unpaired) electrons. The Morgan fingerprint density at radius 1 is 1.21 bits per heavy atom. The topological polar surface area (TPSA) is 77.6 Å². The average Bonchev–Trinajstić information content (AvgIpc) is 2.99. The second kappa shape index (κ2) is 7.83. The van der Waals surface area contributed by atoms with Crippen LogP contribution in [0.2, 0.25) is 0 Å². The molecule has 1 aliphatic rings. The van der Waals surface area contributed by atoms with Crippen LogP contribution in [0.4, 0.5) is 10.7 Å². The molecule has 1 aromatic rings. The highest BCUT2D eigenvalue weighted by atomic mass is 16.6. The van der Waals surface area contributed by atoms with Crippen molar-refractivity contribution in [2.75, 3.05) is 44.2 Å². The van der Waals surface area contributed by atoms with E-state index in [0.717, 1.165) is 25.5 Å². The van der Waals surface area contributed by atoms with Crippen molar-refractivity contribution in [2.45, 2.75) is 46.8 Å². The number of carbonyl (C=O) groups is 1. The average molecular weight is 338 g/mol. The fraction of sp³-hybridized carbons (Fsp3) is 0.812. The maximum Gasteiger partial charge on any atom is 0.410 e. The molecule has 0 unspecified atom stereocenters. The van der Waals surface area contributed by atoms with E-state index in [1.165, 1.54) is 0 Å². The van der Waals surface area contributed by atoms with Gasteiger partial charge in [0.25, 0.3) is 0 Å². The Morgan fingerprint density at radius 3 is 2.38 bits per heavy atom. The fourth-order valence-electron chi connectivity index (χ4n) is 2.57. The van der Waals surface area contributed by atoms with E-state index >= 15 is 0 Å². The summed E-state index contributed by atoms with van der Waals surface area (Å²) in [4.78, 5) is 22.8. The number of anilines is 1. The van der Waals surface area contributed by atoms with Crippen molar-refractivity contribution in [3.63, 3.8) is 0 Å². The molecule has 1 fully saturated rings. The predicted octanol–water partition coefficient (Wildman–Crippen LogP) is 1.70. The molecule has 1 aromatic heterocycles. The smallest absolute Gasteiger partial charge is 0.410 e. The molecule has 1 amide bonds. The first-order chi connectivity index (χ1) is 11.3. The SMILES string of the molecule is CCN(CC)Cc1nc(N2CCN(C(=O)OC(C)(C)C)CC2)n[nH]1. The highest BCUT2D eigenvalue weighted by Crippen LogP contribution is 2.15. The molecule has 0 aromatic carbocycles. The second-order valence-corrected chi connectivity index (χ2v) is 7.00. The largest absolute Gasteiger partial charge is 0.444 e. The highest BCUT2D eigenvalue weighted by molar-refractivity contribution is 5.68. The van der Waals surface area contributed by atoms with Gasteiger partial charge in [0.2, 0.25) is 5.95 Å². The summed E-state index contributed by atoms with van der Waals surface area (Å²) in [6, 6.07) is 0. The van der Waals surface area contributed by atoms with Crippen molar-refractivity contribution >= 4 is 12.0 Å². The molecule has 1 N–H and O–H groups in total. The Bertz CT molecular complexity index is 527. The van der Waals surface area contributed by atoms with Crippen LogP contribution < -0.4 is 4.90 Å². The minimum Gasteiger partial charge on any atom is -0.444 e. The highest BCUT2D eigenvalue weighted by Gasteiger charge is 2.27. The summed E-state index contributed by atoms with van der Waals surface area (Å²) in [7, 11) is 0. The number of amides is 1. The molecule has 8 heteroatoms. The van der Waals surface area contributed by atoms with E-state index in [-0.39, 0.29) is 6.09 Å². The summed E-state index contributed by atoms with van der Waals surface area (Å²) in [5.41, 5.74) is -0.461. The number of aromatic amines is 1. The summed E-state index contributed by atoms with van der Waals surface area (Å²) < 4.78 is 5.42. The lowest BCUT2D eigenvalue weighted by atomic mass is 10.2. The number of aromatic nitrogens is 3. The van der Waals surface area contributed by atoms with Gasteiger partial charge in [0.05, 0.1) is 6.54 Å². The van der Waals surface area contributed by atoms with Crippen LogP contribution in [0.15, 0.2) is 0 Å². The fourth-order valence-corrected chi connectivity index (χ4v) is 2.57. The van der Waals surface area contributed by atoms with Gasteiger partial charge in [0.15, 0.2) is 0 Å². The molecule has 2 rings (SSSR count). The number of hydrogen-bond acceptors (Lipinski definition) is 6. The monoisotopic (exact) mass is 338 g/mol. The van der Waals surface area contributed by atoms with Gasteiger partial charge >= 0.3 is 6.09 Å². The number of H-pyrrole nitrogens is 1. The molecule has 1 aliphatic heterocycles. The number of carbonyl (C=O) groups excluding carboxylic acids is 1. The third-order valence-electron chi connectivity index (χ3n) is 4.00. The van der Waals surface area contributed by atoms with Crippen molar-refractivity contribution in [1.29, 1.82) is 0 Å². The second-order valence-electron chi connectivity index (χ2n) is 7.00. The van der Waals surface area contributed by atoms with Crippen molar-refractivity contribution in [1.82, 2.24) is 25.0 Å². The Labute approximate surface area is 144 Å². The Hall–Kier alpha value is -1.83. The van der Waals surface area contributed by atoms with Crippen LogP contribution in [0.5, 0.6) is 0 Å². The van der Waals surface area contributed by atoms with E-state index in [1.54, 1.807) is 4.90 Å². The minimum atomic E-state index is -0.461. The summed E-state index contributed by atoms with van der Waals surface area (Å²) in [6.07, 6.45) is -0.251. The molecular weight excluding hydrogens is 308 g/mol. The summed E-state index contributed by atoms with van der Waals surface area (Å²) in [5, 5.41) is 7.34. The maximum absolute atomic E-state index is 12.1. The van der Waals surface area contributed by atoms with Crippen molar-refractivity contribution in [3.8, 4) is 0 Å². The van der Waals surface area contributed by atoms with Gasteiger partial charge < -0.3 is 14.5 Å². The third kappa shape index (κ3) is 5.09. The molecule has 2 heterocycles. The molecule has 136 valence electrons. The van der Waals surface area contributed by atoms with E-state index in [2.05, 4.69) is 38.8 Å². The molecule has 1 saturated heterocycles. The van der Waals surface area contributed by atoms with Crippen LogP contribution in [0.3, 0.4) is 0 Å². The first-order valence-electron chi connectivity index (χ1n) is 8.69. The lowest BCUT2D eigenvalue weighted by molar-refractivity contribution is 0.0240. The maximum atomic E-state index is 12.1. The van der Waals surface area contributed by atoms with E-state index < -0.39 is 5.60 Å². The number of nitrogens with one attached hydrogen (secondary N) is 1. The molecule has 0 bridgehead atoms. The lowest BCUT2D eigenvalue weighted by Gasteiger charge is -2.35. The first kappa shape index (κ1) is 18.5. The van der Waals surface area contributed by atoms with Gasteiger partial charge in [-0.1, -0.05) is 13.8 Å². The summed E-state index contributed by atoms with van der Waals surface area (Å²) in [6.45, 7) is 15.3. The Morgan fingerprint density at radius 2 is 1.83 bits per heavy atom. The number of ether oxygens (including phenoxy) is 1. The van der Waals surface area contributed by atoms with Gasteiger partial charge in [-0.05, 0) is 33.9 Å². The van der Waals surface area contributed by atoms with Crippen LogP contribution in [-0.4, -0.2) is 75.9 Å². The molecule has 0 atom stereocenters. The molecule has 0 aliphatic carbocycles. The predicted molar refractivity (Wildman–Crippen MR) is 93.0 cm³/mol. The van der Waals surface area contributed by atoms with E-state index in [9.17, 15) is 4.79 Å². The molecule has 8 nitrogen and oxygen atoms in total. The van der Waals surface area contributed by atoms with E-state index in [4.69, 9.17) is 4.74 Å². The molecule has 24 heavy (non-hydrogen) atoms. The molecule has 0 saturated carbocycles. The van der Waals surface area contributed by atoms with Gasteiger partial charge in [-0.3, -0.25) is 10.00 Å². The lowest BCUT2D eigenvalue weighted by Crippen LogP contribution is -2.50. The third-order valence-corrected chi connectivity index (χ3v) is 4.00. The first-order valence-corrected chi connectivity index (χ1v) is 8.69. The van der Waals surface area contributed by atoms with Crippen LogP contribution in [0.1, 0.15) is 40.4 Å². The van der Waals surface area contributed by atoms with Gasteiger partial charge in [0.1, 0.15) is 11.4 Å². The van der Waals surface area contributed by atoms with Crippen LogP contribution >= 0.6 is 0 Å². The van der Waals surface area contributed by atoms with Gasteiger partial charge in [-0.15, -0.1) is 5.10 Å². The zero-order valence-corrected chi connectivity index (χ0v) is 15.5. The zero-order valence-electron chi connectivity index (χ0n) is 15.5. The zero-order chi connectivity index (χ0) is 17.7. The van der Waals surface area contributed by atoms with Crippen LogP contribution in [0.25, 0.3) is 0 Å². The van der Waals surface area contributed by atoms with Gasteiger partial charge in [-0.2, -0.15) is 4.98 Å². The van der Waals surface area contributed by atoms with Crippen molar-refractivity contribution in [2.24, 2.45) is 0 Å². The quantitative estimate of drug-likeness (QED) is 0.880. The number of hydrogen-bond donors (Lipinski definition) is 1. The Kier molecular flexibility index (Phi) is 6.04. The number of rotatable bonds is 5.